The first kappa shape index (κ1) is 20.2. The minimum atomic E-state index is -0.711. The number of likely N-dealkylation sites (tertiary alicyclic amines) is 1. The standard InChI is InChI=1S/C23H29NO4/c1-4-28-20-12-11-17(14-21(20)27-3)22(19-10-6-5-8-16(19)2)24-13-7-9-18(15-24)23(25)26/h5-6,8,10-12,14,18,22H,4,7,9,13,15H2,1-3H3,(H,25,26). The van der Waals surface area contributed by atoms with E-state index in [9.17, 15) is 9.90 Å². The molecule has 3 rings (SSSR count). The number of carboxylic acid groups (broad SMARTS) is 1. The first-order valence-corrected chi connectivity index (χ1v) is 9.88. The van der Waals surface area contributed by atoms with Crippen molar-refractivity contribution in [1.82, 2.24) is 4.90 Å². The maximum absolute atomic E-state index is 11.6. The average Bonchev–Trinajstić information content (AvgIpc) is 2.71. The summed E-state index contributed by atoms with van der Waals surface area (Å²) in [7, 11) is 1.64. The molecule has 1 heterocycles. The number of hydrogen-bond acceptors (Lipinski definition) is 4. The molecule has 2 aromatic carbocycles. The van der Waals surface area contributed by atoms with Gasteiger partial charge in [-0.2, -0.15) is 0 Å². The zero-order valence-electron chi connectivity index (χ0n) is 16.9. The van der Waals surface area contributed by atoms with Crippen molar-refractivity contribution >= 4 is 5.97 Å². The number of benzene rings is 2. The van der Waals surface area contributed by atoms with E-state index in [-0.39, 0.29) is 12.0 Å². The van der Waals surface area contributed by atoms with E-state index in [4.69, 9.17) is 9.47 Å². The number of rotatable bonds is 7. The SMILES string of the molecule is CCOc1ccc(C(c2ccccc2C)N2CCCC(C(=O)O)C2)cc1OC. The van der Waals surface area contributed by atoms with Crippen LogP contribution in [0.5, 0.6) is 11.5 Å². The molecule has 2 aromatic rings. The first-order valence-electron chi connectivity index (χ1n) is 9.88. The predicted molar refractivity (Wildman–Crippen MR) is 109 cm³/mol. The lowest BCUT2D eigenvalue weighted by Gasteiger charge is -2.38. The summed E-state index contributed by atoms with van der Waals surface area (Å²) >= 11 is 0. The summed E-state index contributed by atoms with van der Waals surface area (Å²) in [4.78, 5) is 13.9. The molecule has 1 N–H and O–H groups in total. The summed E-state index contributed by atoms with van der Waals surface area (Å²) in [6.45, 7) is 6.04. The van der Waals surface area contributed by atoms with Gasteiger partial charge in [-0.15, -0.1) is 0 Å². The smallest absolute Gasteiger partial charge is 0.307 e. The second-order valence-electron chi connectivity index (χ2n) is 7.27. The lowest BCUT2D eigenvalue weighted by molar-refractivity contribution is -0.143. The van der Waals surface area contributed by atoms with E-state index < -0.39 is 5.97 Å². The van der Waals surface area contributed by atoms with Gasteiger partial charge in [0, 0.05) is 6.54 Å². The van der Waals surface area contributed by atoms with Gasteiger partial charge in [-0.1, -0.05) is 30.3 Å². The highest BCUT2D eigenvalue weighted by Crippen LogP contribution is 2.38. The monoisotopic (exact) mass is 383 g/mol. The molecule has 0 saturated carbocycles. The minimum Gasteiger partial charge on any atom is -0.493 e. The van der Waals surface area contributed by atoms with E-state index in [1.807, 2.05) is 31.2 Å². The Morgan fingerprint density at radius 1 is 1.25 bits per heavy atom. The molecule has 0 aromatic heterocycles. The van der Waals surface area contributed by atoms with Gasteiger partial charge in [0.1, 0.15) is 0 Å². The Hall–Kier alpha value is -2.53. The fraction of sp³-hybridized carbons (Fsp3) is 0.435. The van der Waals surface area contributed by atoms with Crippen LogP contribution in [-0.4, -0.2) is 42.8 Å². The minimum absolute atomic E-state index is 0.0204. The lowest BCUT2D eigenvalue weighted by atomic mass is 9.89. The largest absolute Gasteiger partial charge is 0.493 e. The predicted octanol–water partition coefficient (Wildman–Crippen LogP) is 4.29. The number of aliphatic carboxylic acids is 1. The number of ether oxygens (including phenoxy) is 2. The molecule has 0 spiro atoms. The molecular weight excluding hydrogens is 354 g/mol. The van der Waals surface area contributed by atoms with Gasteiger partial charge in [0.05, 0.1) is 25.7 Å². The van der Waals surface area contributed by atoms with Gasteiger partial charge in [0.15, 0.2) is 11.5 Å². The number of hydrogen-bond donors (Lipinski definition) is 1. The van der Waals surface area contributed by atoms with Gasteiger partial charge in [-0.3, -0.25) is 9.69 Å². The Labute approximate surface area is 166 Å². The van der Waals surface area contributed by atoms with Crippen LogP contribution in [0.25, 0.3) is 0 Å². The highest BCUT2D eigenvalue weighted by atomic mass is 16.5. The third kappa shape index (κ3) is 4.30. The van der Waals surface area contributed by atoms with Crippen LogP contribution in [0.3, 0.4) is 0 Å². The van der Waals surface area contributed by atoms with Gasteiger partial charge in [-0.25, -0.2) is 0 Å². The summed E-state index contributed by atoms with van der Waals surface area (Å²) in [5.74, 6) is 0.381. The second-order valence-corrected chi connectivity index (χ2v) is 7.27. The molecule has 0 aliphatic carbocycles. The average molecular weight is 383 g/mol. The first-order chi connectivity index (χ1) is 13.5. The van der Waals surface area contributed by atoms with Gasteiger partial charge < -0.3 is 14.6 Å². The second kappa shape index (κ2) is 9.11. The van der Waals surface area contributed by atoms with Crippen LogP contribution in [-0.2, 0) is 4.79 Å². The topological polar surface area (TPSA) is 59.0 Å². The van der Waals surface area contributed by atoms with Crippen molar-refractivity contribution < 1.29 is 19.4 Å². The van der Waals surface area contributed by atoms with Crippen molar-refractivity contribution in [2.75, 3.05) is 26.8 Å². The summed E-state index contributed by atoms with van der Waals surface area (Å²) < 4.78 is 11.2. The summed E-state index contributed by atoms with van der Waals surface area (Å²) in [5.41, 5.74) is 3.47. The van der Waals surface area contributed by atoms with Crippen LogP contribution in [0.1, 0.15) is 42.5 Å². The molecule has 1 aliphatic rings. The van der Waals surface area contributed by atoms with E-state index in [0.29, 0.717) is 18.9 Å². The summed E-state index contributed by atoms with van der Waals surface area (Å²) in [5, 5.41) is 9.55. The van der Waals surface area contributed by atoms with Crippen molar-refractivity contribution in [2.45, 2.75) is 32.7 Å². The van der Waals surface area contributed by atoms with E-state index in [2.05, 4.69) is 30.0 Å². The maximum atomic E-state index is 11.6. The molecule has 5 heteroatoms. The Morgan fingerprint density at radius 3 is 2.71 bits per heavy atom. The van der Waals surface area contributed by atoms with Gasteiger partial charge >= 0.3 is 5.97 Å². The molecule has 1 aliphatic heterocycles. The van der Waals surface area contributed by atoms with Crippen molar-refractivity contribution in [1.29, 1.82) is 0 Å². The molecular formula is C23H29NO4. The Balaban J connectivity index is 2.04. The molecule has 0 radical (unpaired) electrons. The quantitative estimate of drug-likeness (QED) is 0.773. The molecule has 2 atom stereocenters. The highest BCUT2D eigenvalue weighted by Gasteiger charge is 2.32. The van der Waals surface area contributed by atoms with E-state index >= 15 is 0 Å². The molecule has 2 unspecified atom stereocenters. The lowest BCUT2D eigenvalue weighted by Crippen LogP contribution is -2.41. The number of piperidine rings is 1. The number of aryl methyl sites for hydroxylation is 1. The van der Waals surface area contributed by atoms with E-state index in [1.54, 1.807) is 7.11 Å². The Bertz CT molecular complexity index is 820. The molecule has 1 saturated heterocycles. The third-order valence-electron chi connectivity index (χ3n) is 5.45. The zero-order valence-corrected chi connectivity index (χ0v) is 16.9. The molecule has 28 heavy (non-hydrogen) atoms. The van der Waals surface area contributed by atoms with Crippen LogP contribution in [0.15, 0.2) is 42.5 Å². The fourth-order valence-electron chi connectivity index (χ4n) is 4.05. The molecule has 0 bridgehead atoms. The van der Waals surface area contributed by atoms with E-state index in [1.165, 1.54) is 11.1 Å². The number of carbonyl (C=O) groups is 1. The van der Waals surface area contributed by atoms with Crippen molar-refractivity contribution in [3.8, 4) is 11.5 Å². The van der Waals surface area contributed by atoms with Gasteiger partial charge in [0.25, 0.3) is 0 Å². The zero-order chi connectivity index (χ0) is 20.1. The highest BCUT2D eigenvalue weighted by molar-refractivity contribution is 5.70. The van der Waals surface area contributed by atoms with Crippen molar-refractivity contribution in [3.63, 3.8) is 0 Å². The molecule has 0 amide bonds. The Kier molecular flexibility index (Phi) is 6.57. The molecule has 5 nitrogen and oxygen atoms in total. The van der Waals surface area contributed by atoms with Crippen LogP contribution in [0.4, 0.5) is 0 Å². The molecule has 150 valence electrons. The van der Waals surface area contributed by atoms with Crippen LogP contribution in [0, 0.1) is 12.8 Å². The number of carboxylic acids is 1. The van der Waals surface area contributed by atoms with Crippen LogP contribution in [0.2, 0.25) is 0 Å². The summed E-state index contributed by atoms with van der Waals surface area (Å²) in [6, 6.07) is 14.3. The molecule has 1 fully saturated rings. The van der Waals surface area contributed by atoms with Gasteiger partial charge in [-0.05, 0) is 62.1 Å². The van der Waals surface area contributed by atoms with Crippen molar-refractivity contribution in [3.05, 3.63) is 59.2 Å². The van der Waals surface area contributed by atoms with Gasteiger partial charge in [0.2, 0.25) is 0 Å². The number of nitrogens with zero attached hydrogens (tertiary/aromatic N) is 1. The number of methoxy groups -OCH3 is 1. The van der Waals surface area contributed by atoms with Crippen LogP contribution < -0.4 is 9.47 Å². The van der Waals surface area contributed by atoms with Crippen molar-refractivity contribution in [2.24, 2.45) is 5.92 Å². The Morgan fingerprint density at radius 2 is 2.04 bits per heavy atom. The maximum Gasteiger partial charge on any atom is 0.307 e. The van der Waals surface area contributed by atoms with Crippen LogP contribution >= 0.6 is 0 Å². The summed E-state index contributed by atoms with van der Waals surface area (Å²) in [6.07, 6.45) is 1.62. The fourth-order valence-corrected chi connectivity index (χ4v) is 4.05. The third-order valence-corrected chi connectivity index (χ3v) is 5.45. The normalized spacial score (nSPS) is 18.5. The van der Waals surface area contributed by atoms with E-state index in [0.717, 1.165) is 30.7 Å².